The molecule has 0 atom stereocenters. The molecule has 0 aliphatic carbocycles. The van der Waals surface area contributed by atoms with Gasteiger partial charge in [-0.15, -0.1) is 8.80 Å². The molecule has 0 aromatic rings. The van der Waals surface area contributed by atoms with E-state index in [0.717, 1.165) is 0 Å². The molecule has 0 amide bonds. The zero-order valence-electron chi connectivity index (χ0n) is 4.41. The molecule has 1 aliphatic heterocycles. The maximum Gasteiger partial charge on any atom is 1.00 e. The monoisotopic (exact) mass is 92.1 g/mol. The molecular formula is C4H9LiSi. The maximum atomic E-state index is 3.98. The number of rotatable bonds is 0. The first-order valence-electron chi connectivity index (χ1n) is 2.22. The van der Waals surface area contributed by atoms with Crippen LogP contribution in [0.3, 0.4) is 0 Å². The van der Waals surface area contributed by atoms with Gasteiger partial charge in [-0.3, -0.25) is 0 Å². The van der Waals surface area contributed by atoms with E-state index in [0.29, 0.717) is 0 Å². The van der Waals surface area contributed by atoms with Crippen LogP contribution in [-0.2, 0) is 0 Å². The molecule has 1 fully saturated rings. The van der Waals surface area contributed by atoms with Crippen molar-refractivity contribution in [3.05, 3.63) is 6.55 Å². The molecule has 0 aromatic carbocycles. The van der Waals surface area contributed by atoms with Crippen LogP contribution >= 0.6 is 0 Å². The first-order chi connectivity index (χ1) is 2.39. The zero-order valence-corrected chi connectivity index (χ0v) is 5.56. The van der Waals surface area contributed by atoms with Crippen LogP contribution in [-0.4, -0.2) is 8.80 Å². The largest absolute Gasteiger partial charge is 1.00 e. The topological polar surface area (TPSA) is 0 Å². The minimum Gasteiger partial charge on any atom is -0.345 e. The van der Waals surface area contributed by atoms with Crippen LogP contribution < -0.4 is 18.9 Å². The van der Waals surface area contributed by atoms with Crippen LogP contribution in [0.1, 0.15) is 6.42 Å². The van der Waals surface area contributed by atoms with Gasteiger partial charge >= 0.3 is 18.9 Å². The second-order valence-electron chi connectivity index (χ2n) is 1.80. The van der Waals surface area contributed by atoms with Crippen molar-refractivity contribution in [2.45, 2.75) is 18.5 Å². The van der Waals surface area contributed by atoms with Crippen molar-refractivity contribution >= 4 is 8.80 Å². The Morgan fingerprint density at radius 2 is 1.67 bits per heavy atom. The SMILES string of the molecule is [CH2-][SiH]1CCC1.[Li+]. The summed E-state index contributed by atoms with van der Waals surface area (Å²) >= 11 is 0. The van der Waals surface area contributed by atoms with E-state index in [2.05, 4.69) is 6.55 Å². The Bertz CT molecular complexity index is 34.5. The summed E-state index contributed by atoms with van der Waals surface area (Å²) in [6.07, 6.45) is 1.49. The maximum absolute atomic E-state index is 3.98. The molecule has 0 unspecified atom stereocenters. The van der Waals surface area contributed by atoms with Crippen LogP contribution in [0.4, 0.5) is 0 Å². The molecule has 0 bridgehead atoms. The van der Waals surface area contributed by atoms with Crippen molar-refractivity contribution in [2.24, 2.45) is 0 Å². The van der Waals surface area contributed by atoms with Gasteiger partial charge in [0.25, 0.3) is 0 Å². The summed E-state index contributed by atoms with van der Waals surface area (Å²) in [6, 6.07) is 3.03. The predicted molar refractivity (Wildman–Crippen MR) is 26.7 cm³/mol. The van der Waals surface area contributed by atoms with Crippen molar-refractivity contribution in [1.29, 1.82) is 0 Å². The van der Waals surface area contributed by atoms with E-state index < -0.39 is 0 Å². The van der Waals surface area contributed by atoms with E-state index in [4.69, 9.17) is 0 Å². The standard InChI is InChI=1S/C4H9Si.Li/c1-5-3-2-4-5;/h5H,1-4H2;/q-1;+1. The summed E-state index contributed by atoms with van der Waals surface area (Å²) in [5.41, 5.74) is 0. The first kappa shape index (κ1) is 6.81. The van der Waals surface area contributed by atoms with E-state index in [1.807, 2.05) is 0 Å². The van der Waals surface area contributed by atoms with Crippen molar-refractivity contribution in [2.75, 3.05) is 0 Å². The van der Waals surface area contributed by atoms with Crippen LogP contribution in [0.15, 0.2) is 0 Å². The molecule has 1 aliphatic rings. The molecule has 30 valence electrons. The quantitative estimate of drug-likeness (QED) is 0.239. The van der Waals surface area contributed by atoms with Gasteiger partial charge in [-0.05, 0) is 0 Å². The fraction of sp³-hybridized carbons (Fsp3) is 0.750. The normalized spacial score (nSPS) is 21.5. The van der Waals surface area contributed by atoms with Gasteiger partial charge in [-0.25, -0.2) is 0 Å². The molecule has 0 nitrogen and oxygen atoms in total. The van der Waals surface area contributed by atoms with Gasteiger partial charge in [0.1, 0.15) is 0 Å². The third-order valence-electron chi connectivity index (χ3n) is 1.22. The average Bonchev–Trinajstić information content (AvgIpc) is 1.30. The van der Waals surface area contributed by atoms with Crippen molar-refractivity contribution in [3.8, 4) is 0 Å². The van der Waals surface area contributed by atoms with Crippen LogP contribution in [0.2, 0.25) is 12.1 Å². The Morgan fingerprint density at radius 1 is 1.33 bits per heavy atom. The predicted octanol–water partition coefficient (Wildman–Crippen LogP) is -2.01. The van der Waals surface area contributed by atoms with Crippen LogP contribution in [0, 0.1) is 6.55 Å². The van der Waals surface area contributed by atoms with Crippen LogP contribution in [0.25, 0.3) is 0 Å². The van der Waals surface area contributed by atoms with Crippen molar-refractivity contribution in [3.63, 3.8) is 0 Å². The number of hydrogen-bond acceptors (Lipinski definition) is 0. The summed E-state index contributed by atoms with van der Waals surface area (Å²) in [5.74, 6) is 0. The van der Waals surface area contributed by atoms with Gasteiger partial charge in [0.05, 0.1) is 0 Å². The Morgan fingerprint density at radius 3 is 1.67 bits per heavy atom. The summed E-state index contributed by atoms with van der Waals surface area (Å²) in [7, 11) is -0.219. The second-order valence-corrected chi connectivity index (χ2v) is 4.68. The van der Waals surface area contributed by atoms with E-state index in [9.17, 15) is 0 Å². The third-order valence-corrected chi connectivity index (χ3v) is 3.67. The van der Waals surface area contributed by atoms with Gasteiger partial charge in [0.15, 0.2) is 0 Å². The summed E-state index contributed by atoms with van der Waals surface area (Å²) < 4.78 is 0. The molecule has 0 saturated carbocycles. The fourth-order valence-corrected chi connectivity index (χ4v) is 1.48. The van der Waals surface area contributed by atoms with E-state index >= 15 is 0 Å². The van der Waals surface area contributed by atoms with Crippen molar-refractivity contribution in [1.82, 2.24) is 0 Å². The Labute approximate surface area is 53.1 Å². The molecule has 0 aromatic heterocycles. The molecular weight excluding hydrogens is 83.1 g/mol. The van der Waals surface area contributed by atoms with Crippen molar-refractivity contribution < 1.29 is 18.9 Å². The summed E-state index contributed by atoms with van der Waals surface area (Å²) in [4.78, 5) is 0. The van der Waals surface area contributed by atoms with Gasteiger partial charge in [-0.1, -0.05) is 18.5 Å². The zero-order chi connectivity index (χ0) is 3.70. The van der Waals surface area contributed by atoms with Gasteiger partial charge < -0.3 is 6.55 Å². The van der Waals surface area contributed by atoms with E-state index in [1.54, 1.807) is 0 Å². The minimum absolute atomic E-state index is 0. The molecule has 0 radical (unpaired) electrons. The number of hydrogen-bond donors (Lipinski definition) is 0. The minimum atomic E-state index is -0.219. The molecule has 6 heavy (non-hydrogen) atoms. The summed E-state index contributed by atoms with van der Waals surface area (Å²) in [6.45, 7) is 3.98. The molecule has 1 rings (SSSR count). The molecule has 1 heterocycles. The Balaban J connectivity index is 0.000000250. The second kappa shape index (κ2) is 2.90. The average molecular weight is 92.1 g/mol. The van der Waals surface area contributed by atoms with E-state index in [-0.39, 0.29) is 27.7 Å². The van der Waals surface area contributed by atoms with Crippen LogP contribution in [0.5, 0.6) is 0 Å². The summed E-state index contributed by atoms with van der Waals surface area (Å²) in [5, 5.41) is 0. The van der Waals surface area contributed by atoms with Gasteiger partial charge in [0.2, 0.25) is 0 Å². The molecule has 2 heteroatoms. The Hall–Kier alpha value is 0.814. The van der Waals surface area contributed by atoms with E-state index in [1.165, 1.54) is 18.5 Å². The fourth-order valence-electron chi connectivity index (χ4n) is 0.493. The Kier molecular flexibility index (Phi) is 3.30. The molecule has 1 saturated heterocycles. The smallest absolute Gasteiger partial charge is 0.345 e. The third kappa shape index (κ3) is 1.51. The van der Waals surface area contributed by atoms with Gasteiger partial charge in [-0.2, -0.15) is 0 Å². The van der Waals surface area contributed by atoms with Gasteiger partial charge in [0, 0.05) is 0 Å². The molecule has 0 N–H and O–H groups in total. The molecule has 0 spiro atoms. The first-order valence-corrected chi connectivity index (χ1v) is 4.67.